The molecular formula is C5H8O6S. The molecule has 6 nitrogen and oxygen atoms in total. The number of aliphatic carboxylic acids is 1. The van der Waals surface area contributed by atoms with E-state index in [2.05, 4.69) is 4.18 Å². The van der Waals surface area contributed by atoms with Crippen LogP contribution in [0.3, 0.4) is 0 Å². The van der Waals surface area contributed by atoms with Crippen LogP contribution in [-0.4, -0.2) is 30.7 Å². The van der Waals surface area contributed by atoms with Crippen molar-refractivity contribution in [3.05, 3.63) is 11.6 Å². The fraction of sp³-hybridized carbons (Fsp3) is 0.400. The molecule has 0 bridgehead atoms. The first-order chi connectivity index (χ1) is 5.37. The third-order valence-electron chi connectivity index (χ3n) is 0.987. The SMILES string of the molecule is C/C=C(/COS(=O)(=O)O)C(=O)O. The number of carboxylic acids is 1. The molecule has 0 rings (SSSR count). The molecule has 0 aromatic rings. The van der Waals surface area contributed by atoms with E-state index in [1.54, 1.807) is 0 Å². The summed E-state index contributed by atoms with van der Waals surface area (Å²) in [4.78, 5) is 10.2. The van der Waals surface area contributed by atoms with Crippen LogP contribution < -0.4 is 0 Å². The van der Waals surface area contributed by atoms with Crippen molar-refractivity contribution < 1.29 is 27.1 Å². The number of rotatable bonds is 4. The molecule has 0 aliphatic rings. The van der Waals surface area contributed by atoms with Crippen molar-refractivity contribution in [1.29, 1.82) is 0 Å². The van der Waals surface area contributed by atoms with Gasteiger partial charge in [-0.15, -0.1) is 0 Å². The zero-order valence-electron chi connectivity index (χ0n) is 6.22. The van der Waals surface area contributed by atoms with Gasteiger partial charge in [-0.1, -0.05) is 6.08 Å². The minimum atomic E-state index is -4.57. The lowest BCUT2D eigenvalue weighted by atomic mass is 10.3. The fourth-order valence-electron chi connectivity index (χ4n) is 0.406. The molecule has 70 valence electrons. The van der Waals surface area contributed by atoms with Gasteiger partial charge in [-0.2, -0.15) is 8.42 Å². The summed E-state index contributed by atoms with van der Waals surface area (Å²) in [5, 5.41) is 8.35. The normalized spacial score (nSPS) is 13.0. The summed E-state index contributed by atoms with van der Waals surface area (Å²) >= 11 is 0. The van der Waals surface area contributed by atoms with E-state index in [9.17, 15) is 13.2 Å². The van der Waals surface area contributed by atoms with Crippen molar-refractivity contribution in [3.8, 4) is 0 Å². The topological polar surface area (TPSA) is 101 Å². The third kappa shape index (κ3) is 4.83. The number of hydrogen-bond acceptors (Lipinski definition) is 4. The van der Waals surface area contributed by atoms with Crippen LogP contribution >= 0.6 is 0 Å². The van der Waals surface area contributed by atoms with Gasteiger partial charge in [0.05, 0.1) is 5.57 Å². The lowest BCUT2D eigenvalue weighted by Gasteiger charge is -1.99. The summed E-state index contributed by atoms with van der Waals surface area (Å²) in [6.45, 7) is 0.738. The Bertz CT molecular complexity index is 287. The lowest BCUT2D eigenvalue weighted by molar-refractivity contribution is -0.133. The largest absolute Gasteiger partial charge is 0.478 e. The van der Waals surface area contributed by atoms with Crippen molar-refractivity contribution in [2.75, 3.05) is 6.61 Å². The fourth-order valence-corrected chi connectivity index (χ4v) is 0.682. The Labute approximate surface area is 69.4 Å². The first kappa shape index (κ1) is 11.1. The van der Waals surface area contributed by atoms with Crippen LogP contribution in [0.1, 0.15) is 6.92 Å². The molecule has 0 radical (unpaired) electrons. The van der Waals surface area contributed by atoms with Gasteiger partial charge in [-0.3, -0.25) is 4.55 Å². The minimum absolute atomic E-state index is 0.243. The van der Waals surface area contributed by atoms with Gasteiger partial charge in [0.1, 0.15) is 6.61 Å². The zero-order valence-corrected chi connectivity index (χ0v) is 7.04. The summed E-state index contributed by atoms with van der Waals surface area (Å²) in [7, 11) is -4.57. The van der Waals surface area contributed by atoms with Gasteiger partial charge >= 0.3 is 16.4 Å². The molecule has 0 fully saturated rings. The van der Waals surface area contributed by atoms with E-state index in [0.717, 1.165) is 0 Å². The smallest absolute Gasteiger partial charge is 0.397 e. The first-order valence-corrected chi connectivity index (χ1v) is 4.23. The van der Waals surface area contributed by atoms with Gasteiger partial charge in [0.15, 0.2) is 0 Å². The highest BCUT2D eigenvalue weighted by molar-refractivity contribution is 7.80. The van der Waals surface area contributed by atoms with Crippen LogP contribution in [0.25, 0.3) is 0 Å². The average Bonchev–Trinajstić information content (AvgIpc) is 1.85. The Kier molecular flexibility index (Phi) is 3.87. The molecule has 0 aromatic heterocycles. The number of allylic oxidation sites excluding steroid dienone is 1. The van der Waals surface area contributed by atoms with Gasteiger partial charge in [0.25, 0.3) is 0 Å². The lowest BCUT2D eigenvalue weighted by Crippen LogP contribution is -2.12. The molecule has 0 aliphatic heterocycles. The van der Waals surface area contributed by atoms with Crippen molar-refractivity contribution in [3.63, 3.8) is 0 Å². The molecule has 0 amide bonds. The second-order valence-corrected chi connectivity index (χ2v) is 2.90. The number of carboxylic acid groups (broad SMARTS) is 1. The van der Waals surface area contributed by atoms with Gasteiger partial charge in [-0.05, 0) is 6.92 Å². The zero-order chi connectivity index (χ0) is 9.78. The van der Waals surface area contributed by atoms with Crippen molar-refractivity contribution in [2.45, 2.75) is 6.92 Å². The molecule has 0 heterocycles. The van der Waals surface area contributed by atoms with Gasteiger partial charge in [0.2, 0.25) is 0 Å². The number of hydrogen-bond donors (Lipinski definition) is 2. The van der Waals surface area contributed by atoms with Gasteiger partial charge in [-0.25, -0.2) is 8.98 Å². The van der Waals surface area contributed by atoms with Crippen LogP contribution in [0.5, 0.6) is 0 Å². The summed E-state index contributed by atoms with van der Waals surface area (Å²) < 4.78 is 31.9. The van der Waals surface area contributed by atoms with E-state index in [-0.39, 0.29) is 5.57 Å². The highest BCUT2D eigenvalue weighted by Crippen LogP contribution is 1.97. The molecular weight excluding hydrogens is 188 g/mol. The van der Waals surface area contributed by atoms with E-state index in [0.29, 0.717) is 0 Å². The Hall–Kier alpha value is -0.920. The van der Waals surface area contributed by atoms with Gasteiger partial charge < -0.3 is 5.11 Å². The summed E-state index contributed by atoms with van der Waals surface area (Å²) in [5.74, 6) is -1.29. The summed E-state index contributed by atoms with van der Waals surface area (Å²) in [5.41, 5.74) is -0.243. The van der Waals surface area contributed by atoms with Crippen LogP contribution in [0, 0.1) is 0 Å². The second kappa shape index (κ2) is 4.19. The van der Waals surface area contributed by atoms with E-state index < -0.39 is 23.0 Å². The number of carbonyl (C=O) groups is 1. The van der Waals surface area contributed by atoms with Crippen molar-refractivity contribution in [2.24, 2.45) is 0 Å². The maximum atomic E-state index is 10.2. The van der Waals surface area contributed by atoms with E-state index in [4.69, 9.17) is 9.66 Å². The minimum Gasteiger partial charge on any atom is -0.478 e. The van der Waals surface area contributed by atoms with Crippen molar-refractivity contribution >= 4 is 16.4 Å². The highest BCUT2D eigenvalue weighted by atomic mass is 32.3. The molecule has 0 atom stereocenters. The van der Waals surface area contributed by atoms with Crippen LogP contribution in [0.15, 0.2) is 11.6 Å². The van der Waals surface area contributed by atoms with Crippen LogP contribution in [0.2, 0.25) is 0 Å². The molecule has 0 saturated carbocycles. The van der Waals surface area contributed by atoms with Gasteiger partial charge in [0, 0.05) is 0 Å². The molecule has 7 heteroatoms. The average molecular weight is 196 g/mol. The summed E-state index contributed by atoms with van der Waals surface area (Å²) in [6, 6.07) is 0. The Morgan fingerprint density at radius 1 is 1.58 bits per heavy atom. The molecule has 0 aromatic carbocycles. The van der Waals surface area contributed by atoms with E-state index in [1.165, 1.54) is 13.0 Å². The quantitative estimate of drug-likeness (QED) is 0.478. The van der Waals surface area contributed by atoms with Crippen molar-refractivity contribution in [1.82, 2.24) is 0 Å². The molecule has 0 unspecified atom stereocenters. The molecule has 0 aliphatic carbocycles. The molecule has 12 heavy (non-hydrogen) atoms. The molecule has 0 spiro atoms. The van der Waals surface area contributed by atoms with Crippen LogP contribution in [0.4, 0.5) is 0 Å². The van der Waals surface area contributed by atoms with E-state index in [1.807, 2.05) is 0 Å². The van der Waals surface area contributed by atoms with E-state index >= 15 is 0 Å². The standard InChI is InChI=1S/C5H8O6S/c1-2-4(5(6)7)3-11-12(8,9)10/h2H,3H2,1H3,(H,6,7)(H,8,9,10)/b4-2-. The first-order valence-electron chi connectivity index (χ1n) is 2.87. The third-order valence-corrected chi connectivity index (χ3v) is 1.40. The maximum absolute atomic E-state index is 10.2. The second-order valence-electron chi connectivity index (χ2n) is 1.81. The highest BCUT2D eigenvalue weighted by Gasteiger charge is 2.10. The molecule has 2 N–H and O–H groups in total. The molecule has 0 saturated heterocycles. The van der Waals surface area contributed by atoms with Crippen LogP contribution in [-0.2, 0) is 19.4 Å². The monoisotopic (exact) mass is 196 g/mol. The Morgan fingerprint density at radius 2 is 2.08 bits per heavy atom. The Morgan fingerprint density at radius 3 is 2.33 bits per heavy atom. The Balaban J connectivity index is 4.19. The predicted molar refractivity (Wildman–Crippen MR) is 38.9 cm³/mol. The maximum Gasteiger partial charge on any atom is 0.397 e. The predicted octanol–water partition coefficient (Wildman–Crippen LogP) is -0.163. The summed E-state index contributed by atoms with van der Waals surface area (Å²) in [6.07, 6.45) is 1.17.